The van der Waals surface area contributed by atoms with Crippen molar-refractivity contribution < 1.29 is 12.6 Å². The zero-order valence-corrected chi connectivity index (χ0v) is 13.5. The number of imidazole rings is 1. The summed E-state index contributed by atoms with van der Waals surface area (Å²) in [6.07, 6.45) is 1.67. The number of benzene rings is 1. The fourth-order valence-electron chi connectivity index (χ4n) is 1.77. The molecule has 0 aliphatic rings. The summed E-state index contributed by atoms with van der Waals surface area (Å²) in [4.78, 5) is 4.17. The van der Waals surface area contributed by atoms with E-state index in [0.29, 0.717) is 5.52 Å². The van der Waals surface area contributed by atoms with Gasteiger partial charge in [-0.2, -0.15) is 8.42 Å². The maximum absolute atomic E-state index is 12.1. The van der Waals surface area contributed by atoms with Crippen molar-refractivity contribution in [1.82, 2.24) is 9.55 Å². The first-order valence-electron chi connectivity index (χ1n) is 5.57. The number of rotatable bonds is 3. The number of halogens is 1. The molecule has 0 aliphatic carbocycles. The van der Waals surface area contributed by atoms with Crippen LogP contribution >= 0.6 is 27.3 Å². The first-order chi connectivity index (χ1) is 9.45. The number of aryl methyl sites for hydroxylation is 1. The van der Waals surface area contributed by atoms with Gasteiger partial charge in [-0.25, -0.2) is 4.98 Å². The number of thiophene rings is 1. The van der Waals surface area contributed by atoms with Crippen LogP contribution in [0.4, 0.5) is 0 Å². The molecule has 0 spiro atoms. The van der Waals surface area contributed by atoms with Crippen molar-refractivity contribution in [3.63, 3.8) is 0 Å². The van der Waals surface area contributed by atoms with E-state index in [9.17, 15) is 8.42 Å². The predicted molar refractivity (Wildman–Crippen MR) is 80.5 cm³/mol. The Kier molecular flexibility index (Phi) is 3.31. The smallest absolute Gasteiger partial charge is 0.348 e. The van der Waals surface area contributed by atoms with E-state index in [1.807, 2.05) is 11.6 Å². The minimum atomic E-state index is -3.80. The van der Waals surface area contributed by atoms with Gasteiger partial charge in [0.05, 0.1) is 21.1 Å². The van der Waals surface area contributed by atoms with Crippen LogP contribution in [0.25, 0.3) is 11.0 Å². The summed E-state index contributed by atoms with van der Waals surface area (Å²) in [5.74, 6) is 0.251. The third kappa shape index (κ3) is 2.46. The van der Waals surface area contributed by atoms with Crippen molar-refractivity contribution in [1.29, 1.82) is 0 Å². The lowest BCUT2D eigenvalue weighted by atomic mass is 10.3. The molecule has 5 nitrogen and oxygen atoms in total. The topological polar surface area (TPSA) is 61.2 Å². The number of nitrogens with zero attached hydrogens (tertiary/aromatic N) is 2. The van der Waals surface area contributed by atoms with Crippen LogP contribution in [0.15, 0.2) is 44.7 Å². The van der Waals surface area contributed by atoms with E-state index in [4.69, 9.17) is 4.18 Å². The van der Waals surface area contributed by atoms with Gasteiger partial charge in [0.2, 0.25) is 0 Å². The summed E-state index contributed by atoms with van der Waals surface area (Å²) in [5.41, 5.74) is 1.60. The van der Waals surface area contributed by atoms with Gasteiger partial charge >= 0.3 is 10.1 Å². The molecule has 0 aliphatic heterocycles. The van der Waals surface area contributed by atoms with Crippen molar-refractivity contribution >= 4 is 48.4 Å². The van der Waals surface area contributed by atoms with Crippen LogP contribution < -0.4 is 4.18 Å². The van der Waals surface area contributed by atoms with Crippen molar-refractivity contribution in [2.24, 2.45) is 7.05 Å². The van der Waals surface area contributed by atoms with Crippen LogP contribution in [-0.2, 0) is 17.2 Å². The molecule has 0 saturated carbocycles. The van der Waals surface area contributed by atoms with Gasteiger partial charge in [0.15, 0.2) is 4.21 Å². The van der Waals surface area contributed by atoms with Crippen molar-refractivity contribution in [3.8, 4) is 5.75 Å². The average Bonchev–Trinajstić information content (AvgIpc) is 2.96. The minimum Gasteiger partial charge on any atom is -0.378 e. The Morgan fingerprint density at radius 1 is 1.30 bits per heavy atom. The number of hydrogen-bond donors (Lipinski definition) is 0. The second-order valence-corrected chi connectivity index (χ2v) is 8.34. The first kappa shape index (κ1) is 13.6. The molecule has 8 heteroatoms. The van der Waals surface area contributed by atoms with E-state index in [1.54, 1.807) is 30.6 Å². The lowest BCUT2D eigenvalue weighted by molar-refractivity contribution is 0.488. The van der Waals surface area contributed by atoms with Gasteiger partial charge in [-0.1, -0.05) is 0 Å². The third-order valence-corrected chi connectivity index (χ3v) is 6.02. The maximum atomic E-state index is 12.1. The highest BCUT2D eigenvalue weighted by molar-refractivity contribution is 9.11. The zero-order valence-electron chi connectivity index (χ0n) is 10.3. The van der Waals surface area contributed by atoms with Crippen LogP contribution in [0.2, 0.25) is 0 Å². The van der Waals surface area contributed by atoms with Crippen molar-refractivity contribution in [2.45, 2.75) is 4.21 Å². The van der Waals surface area contributed by atoms with Crippen LogP contribution in [0.3, 0.4) is 0 Å². The van der Waals surface area contributed by atoms with Gasteiger partial charge < -0.3 is 8.75 Å². The van der Waals surface area contributed by atoms with Crippen LogP contribution in [0.1, 0.15) is 0 Å². The summed E-state index contributed by atoms with van der Waals surface area (Å²) in [5, 5.41) is 0. The molecule has 3 aromatic rings. The normalized spacial score (nSPS) is 11.9. The quantitative estimate of drug-likeness (QED) is 0.662. The van der Waals surface area contributed by atoms with Gasteiger partial charge in [-0.3, -0.25) is 0 Å². The molecule has 3 rings (SSSR count). The van der Waals surface area contributed by atoms with Gasteiger partial charge in [0.25, 0.3) is 0 Å². The second-order valence-electron chi connectivity index (χ2n) is 4.10. The highest BCUT2D eigenvalue weighted by Crippen LogP contribution is 2.29. The SMILES string of the molecule is Cn1cnc2cc(OS(=O)(=O)c3ccc(Br)s3)ccc21. The molecule has 0 bridgehead atoms. The minimum absolute atomic E-state index is 0.158. The van der Waals surface area contributed by atoms with E-state index >= 15 is 0 Å². The van der Waals surface area contributed by atoms with Gasteiger partial charge in [0.1, 0.15) is 5.75 Å². The largest absolute Gasteiger partial charge is 0.378 e. The fraction of sp³-hybridized carbons (Fsp3) is 0.0833. The van der Waals surface area contributed by atoms with E-state index in [-0.39, 0.29) is 9.96 Å². The molecule has 1 aromatic carbocycles. The summed E-state index contributed by atoms with van der Waals surface area (Å²) in [6.45, 7) is 0. The Morgan fingerprint density at radius 3 is 2.80 bits per heavy atom. The molecule has 0 saturated heterocycles. The Bertz CT molecular complexity index is 883. The number of aromatic nitrogens is 2. The molecule has 0 fully saturated rings. The average molecular weight is 373 g/mol. The Morgan fingerprint density at radius 2 is 2.10 bits per heavy atom. The zero-order chi connectivity index (χ0) is 14.3. The Labute approximate surface area is 128 Å². The van der Waals surface area contributed by atoms with Gasteiger partial charge in [0, 0.05) is 13.1 Å². The van der Waals surface area contributed by atoms with Crippen LogP contribution in [0, 0.1) is 0 Å². The standard InChI is InChI=1S/C12H9BrN2O3S2/c1-15-7-14-9-6-8(2-3-10(9)15)18-20(16,17)12-5-4-11(13)19-12/h2-7H,1H3. The van der Waals surface area contributed by atoms with Crippen molar-refractivity contribution in [3.05, 3.63) is 40.4 Å². The molecule has 104 valence electrons. The molecule has 2 aromatic heterocycles. The summed E-state index contributed by atoms with van der Waals surface area (Å²) in [7, 11) is -1.93. The van der Waals surface area contributed by atoms with E-state index in [2.05, 4.69) is 20.9 Å². The summed E-state index contributed by atoms with van der Waals surface area (Å²) >= 11 is 4.34. The van der Waals surface area contributed by atoms with E-state index in [1.165, 1.54) is 6.07 Å². The predicted octanol–water partition coefficient (Wildman–Crippen LogP) is 3.17. The molecular formula is C12H9BrN2O3S2. The molecule has 0 radical (unpaired) electrons. The van der Waals surface area contributed by atoms with Gasteiger partial charge in [-0.05, 0) is 40.2 Å². The lowest BCUT2D eigenvalue weighted by Gasteiger charge is -2.05. The maximum Gasteiger partial charge on any atom is 0.348 e. The van der Waals surface area contributed by atoms with E-state index in [0.717, 1.165) is 20.6 Å². The molecular weight excluding hydrogens is 364 g/mol. The highest BCUT2D eigenvalue weighted by atomic mass is 79.9. The fourth-order valence-corrected chi connectivity index (χ4v) is 4.66. The van der Waals surface area contributed by atoms with Crippen molar-refractivity contribution in [2.75, 3.05) is 0 Å². The lowest BCUT2D eigenvalue weighted by Crippen LogP contribution is -2.07. The number of fused-ring (bicyclic) bond motifs is 1. The van der Waals surface area contributed by atoms with Crippen LogP contribution in [0.5, 0.6) is 5.75 Å². The Balaban J connectivity index is 1.96. The van der Waals surface area contributed by atoms with Gasteiger partial charge in [-0.15, -0.1) is 11.3 Å². The second kappa shape index (κ2) is 4.87. The molecule has 20 heavy (non-hydrogen) atoms. The third-order valence-electron chi connectivity index (χ3n) is 2.70. The molecule has 0 unspecified atom stereocenters. The molecule has 2 heterocycles. The summed E-state index contributed by atoms with van der Waals surface area (Å²) in [6, 6.07) is 8.17. The molecule has 0 N–H and O–H groups in total. The first-order valence-corrected chi connectivity index (χ1v) is 8.58. The van der Waals surface area contributed by atoms with E-state index < -0.39 is 10.1 Å². The molecule has 0 amide bonds. The Hall–Kier alpha value is -1.38. The van der Waals surface area contributed by atoms with Crippen LogP contribution in [-0.4, -0.2) is 18.0 Å². The monoisotopic (exact) mass is 372 g/mol. The number of hydrogen-bond acceptors (Lipinski definition) is 5. The highest BCUT2D eigenvalue weighted by Gasteiger charge is 2.19. The summed E-state index contributed by atoms with van der Waals surface area (Å²) < 4.78 is 32.1. The molecule has 0 atom stereocenters.